The smallest absolute Gasteiger partial charge is 0.180 e. The lowest BCUT2D eigenvalue weighted by Crippen LogP contribution is -2.32. The molecule has 3 aromatic heterocycles. The molecule has 0 bridgehead atoms. The zero-order valence-electron chi connectivity index (χ0n) is 16.2. The zero-order chi connectivity index (χ0) is 19.3. The normalized spacial score (nSPS) is 14.7. The molecule has 0 radical (unpaired) electrons. The molecule has 0 aliphatic carbocycles. The third kappa shape index (κ3) is 4.03. The van der Waals surface area contributed by atoms with E-state index in [1.54, 1.807) is 19.5 Å². The summed E-state index contributed by atoms with van der Waals surface area (Å²) in [5, 5.41) is 3.24. The van der Waals surface area contributed by atoms with Gasteiger partial charge in [-0.1, -0.05) is 13.0 Å². The average Bonchev–Trinajstić information content (AvgIpc) is 2.75. The van der Waals surface area contributed by atoms with Gasteiger partial charge in [0.2, 0.25) is 0 Å². The van der Waals surface area contributed by atoms with E-state index in [0.717, 1.165) is 24.7 Å². The van der Waals surface area contributed by atoms with Crippen molar-refractivity contribution in [2.24, 2.45) is 5.92 Å². The fraction of sp³-hybridized carbons (Fsp3) is 0.333. The first kappa shape index (κ1) is 18.2. The SMILES string of the molecule is COc1cnc(-c2ccccn2)nc1Nc1ccc(N2CCC(C)CC2)cn1. The van der Waals surface area contributed by atoms with Gasteiger partial charge in [0.1, 0.15) is 11.5 Å². The Hall–Kier alpha value is -3.22. The molecule has 0 atom stereocenters. The van der Waals surface area contributed by atoms with Gasteiger partial charge in [-0.3, -0.25) is 4.98 Å². The van der Waals surface area contributed by atoms with Crippen LogP contribution in [0.4, 0.5) is 17.3 Å². The molecule has 144 valence electrons. The topological polar surface area (TPSA) is 76.1 Å². The fourth-order valence-corrected chi connectivity index (χ4v) is 3.26. The summed E-state index contributed by atoms with van der Waals surface area (Å²) in [6.07, 6.45) is 7.73. The van der Waals surface area contributed by atoms with Crippen LogP contribution >= 0.6 is 0 Å². The van der Waals surface area contributed by atoms with Crippen molar-refractivity contribution < 1.29 is 4.74 Å². The minimum absolute atomic E-state index is 0.531. The molecule has 3 aromatic rings. The van der Waals surface area contributed by atoms with Crippen LogP contribution in [0, 0.1) is 5.92 Å². The molecule has 7 nitrogen and oxygen atoms in total. The van der Waals surface area contributed by atoms with E-state index >= 15 is 0 Å². The highest BCUT2D eigenvalue weighted by Crippen LogP contribution is 2.28. The van der Waals surface area contributed by atoms with E-state index in [4.69, 9.17) is 4.74 Å². The quantitative estimate of drug-likeness (QED) is 0.723. The Morgan fingerprint density at radius 2 is 1.89 bits per heavy atom. The van der Waals surface area contributed by atoms with Crippen molar-refractivity contribution >= 4 is 17.3 Å². The third-order valence-electron chi connectivity index (χ3n) is 5.01. The third-order valence-corrected chi connectivity index (χ3v) is 5.01. The summed E-state index contributed by atoms with van der Waals surface area (Å²) in [4.78, 5) is 20.2. The van der Waals surface area contributed by atoms with Gasteiger partial charge in [-0.05, 0) is 43.0 Å². The van der Waals surface area contributed by atoms with Crippen molar-refractivity contribution in [1.29, 1.82) is 0 Å². The summed E-state index contributed by atoms with van der Waals surface area (Å²) in [5.41, 5.74) is 1.86. The highest BCUT2D eigenvalue weighted by Gasteiger charge is 2.16. The zero-order valence-corrected chi connectivity index (χ0v) is 16.2. The second kappa shape index (κ2) is 8.21. The number of piperidine rings is 1. The molecule has 7 heteroatoms. The molecule has 0 amide bonds. The molecule has 0 aromatic carbocycles. The number of methoxy groups -OCH3 is 1. The first-order valence-electron chi connectivity index (χ1n) is 9.53. The van der Waals surface area contributed by atoms with E-state index < -0.39 is 0 Å². The van der Waals surface area contributed by atoms with Crippen molar-refractivity contribution in [2.75, 3.05) is 30.4 Å². The maximum atomic E-state index is 5.39. The van der Waals surface area contributed by atoms with Crippen LogP contribution in [0.5, 0.6) is 5.75 Å². The monoisotopic (exact) mass is 376 g/mol. The van der Waals surface area contributed by atoms with Crippen molar-refractivity contribution in [1.82, 2.24) is 19.9 Å². The van der Waals surface area contributed by atoms with Gasteiger partial charge >= 0.3 is 0 Å². The summed E-state index contributed by atoms with van der Waals surface area (Å²) in [5.74, 6) is 3.16. The predicted molar refractivity (Wildman–Crippen MR) is 110 cm³/mol. The number of anilines is 3. The molecule has 4 rings (SSSR count). The first-order valence-corrected chi connectivity index (χ1v) is 9.53. The Morgan fingerprint density at radius 3 is 2.57 bits per heavy atom. The highest BCUT2D eigenvalue weighted by atomic mass is 16.5. The van der Waals surface area contributed by atoms with Crippen LogP contribution < -0.4 is 15.0 Å². The van der Waals surface area contributed by atoms with Crippen molar-refractivity contribution in [2.45, 2.75) is 19.8 Å². The predicted octanol–water partition coefficient (Wildman–Crippen LogP) is 3.92. The van der Waals surface area contributed by atoms with Gasteiger partial charge < -0.3 is 15.0 Å². The highest BCUT2D eigenvalue weighted by molar-refractivity contribution is 5.63. The Balaban J connectivity index is 1.53. The number of rotatable bonds is 5. The maximum absolute atomic E-state index is 5.39. The van der Waals surface area contributed by atoms with E-state index in [1.807, 2.05) is 30.5 Å². The molecule has 0 unspecified atom stereocenters. The summed E-state index contributed by atoms with van der Waals surface area (Å²) in [6, 6.07) is 9.71. The molecule has 1 aliphatic heterocycles. The van der Waals surface area contributed by atoms with Gasteiger partial charge in [-0.15, -0.1) is 0 Å². The number of hydrogen-bond donors (Lipinski definition) is 1. The van der Waals surface area contributed by atoms with Gasteiger partial charge in [-0.25, -0.2) is 15.0 Å². The summed E-state index contributed by atoms with van der Waals surface area (Å²) in [7, 11) is 1.60. The minimum Gasteiger partial charge on any atom is -0.491 e. The minimum atomic E-state index is 0.531. The van der Waals surface area contributed by atoms with E-state index in [1.165, 1.54) is 12.8 Å². The standard InChI is InChI=1S/C21H24N6O/c1-15-8-11-27(12-9-15)16-6-7-19(23-13-16)25-21-18(28-2)14-24-20(26-21)17-5-3-4-10-22-17/h3-7,10,13-15H,8-9,11-12H2,1-2H3,(H,23,24,25,26). The van der Waals surface area contributed by atoms with Gasteiger partial charge in [0, 0.05) is 19.3 Å². The number of pyridine rings is 2. The van der Waals surface area contributed by atoms with Gasteiger partial charge in [0.05, 0.1) is 25.2 Å². The van der Waals surface area contributed by atoms with E-state index in [9.17, 15) is 0 Å². The number of ether oxygens (including phenoxy) is 1. The molecular formula is C21H24N6O. The van der Waals surface area contributed by atoms with Crippen LogP contribution in [0.1, 0.15) is 19.8 Å². The molecule has 28 heavy (non-hydrogen) atoms. The largest absolute Gasteiger partial charge is 0.491 e. The van der Waals surface area contributed by atoms with Gasteiger partial charge in [0.25, 0.3) is 0 Å². The Labute approximate surface area is 164 Å². The maximum Gasteiger partial charge on any atom is 0.180 e. The van der Waals surface area contributed by atoms with Crippen LogP contribution in [-0.4, -0.2) is 40.1 Å². The Morgan fingerprint density at radius 1 is 1.04 bits per heavy atom. The summed E-state index contributed by atoms with van der Waals surface area (Å²) < 4.78 is 5.39. The van der Waals surface area contributed by atoms with Crippen LogP contribution in [0.25, 0.3) is 11.5 Å². The number of nitrogens with zero attached hydrogens (tertiary/aromatic N) is 5. The van der Waals surface area contributed by atoms with Crippen LogP contribution in [0.2, 0.25) is 0 Å². The van der Waals surface area contributed by atoms with E-state index in [0.29, 0.717) is 28.9 Å². The van der Waals surface area contributed by atoms with Crippen LogP contribution in [0.15, 0.2) is 48.9 Å². The Bertz CT molecular complexity index is 908. The van der Waals surface area contributed by atoms with Crippen LogP contribution in [0.3, 0.4) is 0 Å². The van der Waals surface area contributed by atoms with Gasteiger partial charge in [0.15, 0.2) is 17.4 Å². The molecular weight excluding hydrogens is 352 g/mol. The van der Waals surface area contributed by atoms with Crippen molar-refractivity contribution in [3.63, 3.8) is 0 Å². The van der Waals surface area contributed by atoms with Gasteiger partial charge in [-0.2, -0.15) is 0 Å². The first-order chi connectivity index (χ1) is 13.7. The van der Waals surface area contributed by atoms with Crippen molar-refractivity contribution in [3.8, 4) is 17.3 Å². The number of nitrogens with one attached hydrogen (secondary N) is 1. The van der Waals surface area contributed by atoms with Crippen molar-refractivity contribution in [3.05, 3.63) is 48.9 Å². The second-order valence-electron chi connectivity index (χ2n) is 7.02. The van der Waals surface area contributed by atoms with E-state index in [-0.39, 0.29) is 0 Å². The molecule has 4 heterocycles. The lowest BCUT2D eigenvalue weighted by molar-refractivity contribution is 0.413. The second-order valence-corrected chi connectivity index (χ2v) is 7.02. The molecule has 1 N–H and O–H groups in total. The number of aromatic nitrogens is 4. The number of hydrogen-bond acceptors (Lipinski definition) is 7. The molecule has 1 saturated heterocycles. The van der Waals surface area contributed by atoms with Crippen LogP contribution in [-0.2, 0) is 0 Å². The summed E-state index contributed by atoms with van der Waals surface area (Å²) in [6.45, 7) is 4.49. The fourth-order valence-electron chi connectivity index (χ4n) is 3.26. The lowest BCUT2D eigenvalue weighted by Gasteiger charge is -2.31. The lowest BCUT2D eigenvalue weighted by atomic mass is 9.99. The average molecular weight is 376 g/mol. The molecule has 1 fully saturated rings. The molecule has 0 spiro atoms. The molecule has 1 aliphatic rings. The summed E-state index contributed by atoms with van der Waals surface area (Å²) >= 11 is 0. The molecule has 0 saturated carbocycles. The van der Waals surface area contributed by atoms with E-state index in [2.05, 4.69) is 43.1 Å². The Kier molecular flexibility index (Phi) is 5.32.